The zero-order valence-electron chi connectivity index (χ0n) is 26.3. The molecule has 2 heteroatoms. The summed E-state index contributed by atoms with van der Waals surface area (Å²) in [5.74, 6) is 1.74. The highest BCUT2D eigenvalue weighted by molar-refractivity contribution is 6.06. The van der Waals surface area contributed by atoms with Crippen LogP contribution in [0.4, 0.5) is 17.1 Å². The highest BCUT2D eigenvalue weighted by Gasteiger charge is 2.23. The van der Waals surface area contributed by atoms with Crippen molar-refractivity contribution in [2.75, 3.05) is 4.90 Å². The van der Waals surface area contributed by atoms with Crippen molar-refractivity contribution in [2.45, 2.75) is 0 Å². The number of hydrogen-bond acceptors (Lipinski definition) is 2. The van der Waals surface area contributed by atoms with E-state index in [-0.39, 0.29) is 0 Å². The molecule has 1 heterocycles. The van der Waals surface area contributed by atoms with Crippen LogP contribution in [0.2, 0.25) is 0 Å². The Morgan fingerprint density at radius 1 is 0.312 bits per heavy atom. The standard InChI is InChI=1S/C46H31NO/c1-4-11-32(12-5-1)35-19-24-39(25-20-35)47(40-26-21-36(22-27-40)33-13-6-2-7-14-33)41-29-38-17-10-18-42-43-30-37(34-15-8-3-9-16-34)23-28-44(43)48-45(31-41)46(38)42/h1-31H. The van der Waals surface area contributed by atoms with E-state index in [1.54, 1.807) is 0 Å². The quantitative estimate of drug-likeness (QED) is 0.185. The Morgan fingerprint density at radius 2 is 0.812 bits per heavy atom. The third-order valence-electron chi connectivity index (χ3n) is 9.25. The fourth-order valence-electron chi connectivity index (χ4n) is 6.88. The highest BCUT2D eigenvalue weighted by Crippen LogP contribution is 2.50. The van der Waals surface area contributed by atoms with E-state index in [1.165, 1.54) is 38.9 Å². The van der Waals surface area contributed by atoms with E-state index in [4.69, 9.17) is 4.74 Å². The summed E-state index contributed by atoms with van der Waals surface area (Å²) in [5.41, 5.74) is 12.7. The first-order valence-electron chi connectivity index (χ1n) is 16.3. The van der Waals surface area contributed by atoms with E-state index >= 15 is 0 Å². The van der Waals surface area contributed by atoms with E-state index in [0.29, 0.717) is 0 Å². The molecule has 0 aromatic heterocycles. The molecule has 9 rings (SSSR count). The van der Waals surface area contributed by atoms with Gasteiger partial charge in [-0.3, -0.25) is 0 Å². The SMILES string of the molecule is c1ccc(-c2ccc(N(c3ccc(-c4ccccc4)cc3)c3cc4c5c(cccc5c3)-c3cc(-c5ccccc5)ccc3O4)cc2)cc1. The normalized spacial score (nSPS) is 11.5. The first kappa shape index (κ1) is 27.9. The van der Waals surface area contributed by atoms with Crippen LogP contribution < -0.4 is 9.64 Å². The van der Waals surface area contributed by atoms with Crippen molar-refractivity contribution < 1.29 is 4.74 Å². The third kappa shape index (κ3) is 5.01. The third-order valence-corrected chi connectivity index (χ3v) is 9.25. The number of benzene rings is 8. The second kappa shape index (κ2) is 11.8. The van der Waals surface area contributed by atoms with Crippen molar-refractivity contribution in [3.8, 4) is 56.0 Å². The predicted molar refractivity (Wildman–Crippen MR) is 200 cm³/mol. The molecule has 0 atom stereocenters. The van der Waals surface area contributed by atoms with Crippen LogP contribution in [0.25, 0.3) is 55.3 Å². The molecule has 1 aliphatic heterocycles. The molecular weight excluding hydrogens is 583 g/mol. The van der Waals surface area contributed by atoms with Crippen molar-refractivity contribution in [1.29, 1.82) is 0 Å². The van der Waals surface area contributed by atoms with E-state index in [2.05, 4.69) is 193 Å². The molecule has 0 aliphatic carbocycles. The Labute approximate surface area is 280 Å². The van der Waals surface area contributed by atoms with Crippen LogP contribution in [0.5, 0.6) is 11.5 Å². The summed E-state index contributed by atoms with van der Waals surface area (Å²) in [7, 11) is 0. The van der Waals surface area contributed by atoms with E-state index < -0.39 is 0 Å². The molecule has 0 amide bonds. The van der Waals surface area contributed by atoms with Gasteiger partial charge in [0.05, 0.1) is 5.69 Å². The van der Waals surface area contributed by atoms with Crippen LogP contribution in [0.15, 0.2) is 188 Å². The van der Waals surface area contributed by atoms with Gasteiger partial charge in [-0.05, 0) is 86.8 Å². The van der Waals surface area contributed by atoms with Gasteiger partial charge >= 0.3 is 0 Å². The van der Waals surface area contributed by atoms with Gasteiger partial charge in [0.2, 0.25) is 0 Å². The molecule has 0 bridgehead atoms. The Hall–Kier alpha value is -6.38. The van der Waals surface area contributed by atoms with Crippen LogP contribution >= 0.6 is 0 Å². The maximum absolute atomic E-state index is 6.73. The Morgan fingerprint density at radius 3 is 1.38 bits per heavy atom. The molecular formula is C46H31NO. The van der Waals surface area contributed by atoms with Crippen molar-refractivity contribution in [2.24, 2.45) is 0 Å². The fourth-order valence-corrected chi connectivity index (χ4v) is 6.88. The molecule has 1 aliphatic rings. The van der Waals surface area contributed by atoms with Crippen LogP contribution in [-0.2, 0) is 0 Å². The van der Waals surface area contributed by atoms with Crippen molar-refractivity contribution in [1.82, 2.24) is 0 Å². The van der Waals surface area contributed by atoms with Crippen LogP contribution in [-0.4, -0.2) is 0 Å². The van der Waals surface area contributed by atoms with Crippen LogP contribution in [0, 0.1) is 0 Å². The highest BCUT2D eigenvalue weighted by atomic mass is 16.5. The fraction of sp³-hybridized carbons (Fsp3) is 0. The number of rotatable bonds is 6. The summed E-state index contributed by atoms with van der Waals surface area (Å²) in [4.78, 5) is 2.32. The Balaban J connectivity index is 1.17. The molecule has 0 fully saturated rings. The number of ether oxygens (including phenoxy) is 1. The first-order chi connectivity index (χ1) is 23.8. The molecule has 0 N–H and O–H groups in total. The molecule has 8 aromatic rings. The molecule has 226 valence electrons. The smallest absolute Gasteiger partial charge is 0.138 e. The summed E-state index contributed by atoms with van der Waals surface area (Å²) < 4.78 is 6.73. The maximum Gasteiger partial charge on any atom is 0.138 e. The number of anilines is 3. The minimum atomic E-state index is 0.866. The zero-order valence-corrected chi connectivity index (χ0v) is 26.3. The lowest BCUT2D eigenvalue weighted by molar-refractivity contribution is 0.487. The molecule has 8 aromatic carbocycles. The molecule has 0 saturated heterocycles. The molecule has 0 saturated carbocycles. The van der Waals surface area contributed by atoms with E-state index in [1.807, 2.05) is 0 Å². The van der Waals surface area contributed by atoms with Gasteiger partial charge in [0.1, 0.15) is 11.5 Å². The molecule has 0 radical (unpaired) electrons. The summed E-state index contributed by atoms with van der Waals surface area (Å²) in [6.45, 7) is 0. The lowest BCUT2D eigenvalue weighted by Gasteiger charge is -2.29. The van der Waals surface area contributed by atoms with Gasteiger partial charge in [-0.25, -0.2) is 0 Å². The number of nitrogens with zero attached hydrogens (tertiary/aromatic N) is 1. The molecule has 0 spiro atoms. The van der Waals surface area contributed by atoms with Crippen LogP contribution in [0.1, 0.15) is 0 Å². The summed E-state index contributed by atoms with van der Waals surface area (Å²) in [6, 6.07) is 66.8. The number of fused-ring (bicyclic) bond motifs is 2. The lowest BCUT2D eigenvalue weighted by Crippen LogP contribution is -2.10. The largest absolute Gasteiger partial charge is 0.456 e. The van der Waals surface area contributed by atoms with Crippen molar-refractivity contribution in [3.63, 3.8) is 0 Å². The molecule has 2 nitrogen and oxygen atoms in total. The maximum atomic E-state index is 6.73. The summed E-state index contributed by atoms with van der Waals surface area (Å²) in [6.07, 6.45) is 0. The van der Waals surface area contributed by atoms with E-state index in [9.17, 15) is 0 Å². The van der Waals surface area contributed by atoms with Gasteiger partial charge in [0, 0.05) is 28.4 Å². The van der Waals surface area contributed by atoms with Crippen molar-refractivity contribution in [3.05, 3.63) is 188 Å². The van der Waals surface area contributed by atoms with Gasteiger partial charge in [-0.2, -0.15) is 0 Å². The first-order valence-corrected chi connectivity index (χ1v) is 16.3. The van der Waals surface area contributed by atoms with Gasteiger partial charge in [-0.15, -0.1) is 0 Å². The van der Waals surface area contributed by atoms with Gasteiger partial charge in [-0.1, -0.05) is 140 Å². The minimum Gasteiger partial charge on any atom is -0.456 e. The average Bonchev–Trinajstić information content (AvgIpc) is 3.16. The van der Waals surface area contributed by atoms with Crippen molar-refractivity contribution >= 4 is 27.8 Å². The van der Waals surface area contributed by atoms with E-state index in [0.717, 1.165) is 44.9 Å². The lowest BCUT2D eigenvalue weighted by atomic mass is 9.92. The van der Waals surface area contributed by atoms with Gasteiger partial charge < -0.3 is 9.64 Å². The second-order valence-electron chi connectivity index (χ2n) is 12.2. The summed E-state index contributed by atoms with van der Waals surface area (Å²) >= 11 is 0. The zero-order chi connectivity index (χ0) is 31.9. The van der Waals surface area contributed by atoms with Crippen LogP contribution in [0.3, 0.4) is 0 Å². The molecule has 0 unspecified atom stereocenters. The summed E-state index contributed by atoms with van der Waals surface area (Å²) in [5, 5.41) is 2.28. The Bertz CT molecular complexity index is 2300. The van der Waals surface area contributed by atoms with Gasteiger partial charge in [0.15, 0.2) is 0 Å². The predicted octanol–water partition coefficient (Wildman–Crippen LogP) is 13.1. The topological polar surface area (TPSA) is 12.5 Å². The second-order valence-corrected chi connectivity index (χ2v) is 12.2. The molecule has 48 heavy (non-hydrogen) atoms. The minimum absolute atomic E-state index is 0.866. The Kier molecular flexibility index (Phi) is 6.84. The monoisotopic (exact) mass is 613 g/mol. The van der Waals surface area contributed by atoms with Gasteiger partial charge in [0.25, 0.3) is 0 Å². The average molecular weight is 614 g/mol. The number of hydrogen-bond donors (Lipinski definition) is 0.